The molecule has 3 aromatic rings. The lowest BCUT2D eigenvalue weighted by atomic mass is 9.91. The molecular formula is C20H18N4O. The van der Waals surface area contributed by atoms with Crippen molar-refractivity contribution in [3.8, 4) is 11.3 Å². The highest BCUT2D eigenvalue weighted by atomic mass is 16.1. The number of aryl methyl sites for hydroxylation is 1. The molecule has 5 heteroatoms. The van der Waals surface area contributed by atoms with Crippen LogP contribution in [-0.4, -0.2) is 20.9 Å². The third-order valence-corrected chi connectivity index (χ3v) is 4.46. The number of rotatable bonds is 3. The summed E-state index contributed by atoms with van der Waals surface area (Å²) in [5.74, 6) is 0.351. The van der Waals surface area contributed by atoms with E-state index in [9.17, 15) is 4.79 Å². The van der Waals surface area contributed by atoms with E-state index in [1.54, 1.807) is 18.6 Å². The Hall–Kier alpha value is -3.08. The molecular weight excluding hydrogens is 312 g/mol. The Morgan fingerprint density at radius 3 is 2.64 bits per heavy atom. The van der Waals surface area contributed by atoms with Gasteiger partial charge in [0.1, 0.15) is 12.1 Å². The fourth-order valence-corrected chi connectivity index (χ4v) is 3.26. The van der Waals surface area contributed by atoms with Gasteiger partial charge in [-0.15, -0.1) is 0 Å². The molecule has 5 nitrogen and oxygen atoms in total. The summed E-state index contributed by atoms with van der Waals surface area (Å²) in [5.41, 5.74) is 4.59. The number of fused-ring (bicyclic) bond motifs is 1. The van der Waals surface area contributed by atoms with Crippen molar-refractivity contribution in [1.29, 1.82) is 0 Å². The fraction of sp³-hybridized carbons (Fsp3) is 0.200. The van der Waals surface area contributed by atoms with Crippen LogP contribution in [0.5, 0.6) is 0 Å². The van der Waals surface area contributed by atoms with Crippen molar-refractivity contribution < 1.29 is 4.79 Å². The van der Waals surface area contributed by atoms with Crippen LogP contribution < -0.4 is 5.32 Å². The van der Waals surface area contributed by atoms with Crippen molar-refractivity contribution in [1.82, 2.24) is 15.0 Å². The summed E-state index contributed by atoms with van der Waals surface area (Å²) in [6.45, 7) is 0. The van der Waals surface area contributed by atoms with Gasteiger partial charge in [0.05, 0.1) is 5.69 Å². The summed E-state index contributed by atoms with van der Waals surface area (Å²) in [6.07, 6.45) is 7.49. The Balaban J connectivity index is 1.74. The zero-order chi connectivity index (χ0) is 17.1. The minimum Gasteiger partial charge on any atom is -0.307 e. The number of anilines is 1. The molecule has 1 amide bonds. The molecule has 1 aliphatic carbocycles. The number of hydrogen-bond donors (Lipinski definition) is 1. The van der Waals surface area contributed by atoms with Gasteiger partial charge in [-0.1, -0.05) is 24.3 Å². The quantitative estimate of drug-likeness (QED) is 0.795. The van der Waals surface area contributed by atoms with Crippen LogP contribution in [0, 0.1) is 0 Å². The maximum Gasteiger partial charge on any atom is 0.257 e. The number of nitrogens with zero attached hydrogens (tertiary/aromatic N) is 3. The predicted octanol–water partition coefficient (Wildman–Crippen LogP) is 3.67. The topological polar surface area (TPSA) is 67.8 Å². The van der Waals surface area contributed by atoms with Gasteiger partial charge in [0.25, 0.3) is 5.91 Å². The highest BCUT2D eigenvalue weighted by molar-refractivity contribution is 6.08. The van der Waals surface area contributed by atoms with E-state index < -0.39 is 0 Å². The highest BCUT2D eigenvalue weighted by Gasteiger charge is 2.20. The number of amides is 1. The molecule has 0 unspecified atom stereocenters. The monoisotopic (exact) mass is 330 g/mol. The molecule has 1 N–H and O–H groups in total. The number of carbonyl (C=O) groups is 1. The SMILES string of the molecule is O=C(Nc1ccccn1)c1ccccc1-c1ncnc2c1CCCC2. The van der Waals surface area contributed by atoms with E-state index in [1.165, 1.54) is 5.56 Å². The van der Waals surface area contributed by atoms with Gasteiger partial charge in [-0.2, -0.15) is 0 Å². The van der Waals surface area contributed by atoms with Crippen molar-refractivity contribution in [3.05, 3.63) is 71.8 Å². The van der Waals surface area contributed by atoms with Gasteiger partial charge >= 0.3 is 0 Å². The number of benzene rings is 1. The van der Waals surface area contributed by atoms with Crippen molar-refractivity contribution in [2.45, 2.75) is 25.7 Å². The molecule has 0 radical (unpaired) electrons. The Bertz CT molecular complexity index is 909. The van der Waals surface area contributed by atoms with Gasteiger partial charge < -0.3 is 5.32 Å². The van der Waals surface area contributed by atoms with Crippen LogP contribution in [0.2, 0.25) is 0 Å². The zero-order valence-corrected chi connectivity index (χ0v) is 13.8. The minimum atomic E-state index is -0.183. The van der Waals surface area contributed by atoms with Crippen molar-refractivity contribution in [3.63, 3.8) is 0 Å². The van der Waals surface area contributed by atoms with E-state index in [4.69, 9.17) is 0 Å². The molecule has 0 fully saturated rings. The molecule has 2 heterocycles. The Labute approximate surface area is 146 Å². The Morgan fingerprint density at radius 1 is 0.920 bits per heavy atom. The number of hydrogen-bond acceptors (Lipinski definition) is 4. The largest absolute Gasteiger partial charge is 0.307 e. The van der Waals surface area contributed by atoms with Crippen LogP contribution in [0.1, 0.15) is 34.5 Å². The summed E-state index contributed by atoms with van der Waals surface area (Å²) in [5, 5.41) is 2.85. The van der Waals surface area contributed by atoms with Crippen LogP contribution >= 0.6 is 0 Å². The third kappa shape index (κ3) is 3.13. The summed E-state index contributed by atoms with van der Waals surface area (Å²) < 4.78 is 0. The van der Waals surface area contributed by atoms with Gasteiger partial charge in [-0.25, -0.2) is 15.0 Å². The van der Waals surface area contributed by atoms with Crippen LogP contribution in [0.15, 0.2) is 55.0 Å². The van der Waals surface area contributed by atoms with Crippen LogP contribution in [0.25, 0.3) is 11.3 Å². The molecule has 0 saturated carbocycles. The molecule has 1 aliphatic rings. The van der Waals surface area contributed by atoms with E-state index in [-0.39, 0.29) is 5.91 Å². The first-order chi connectivity index (χ1) is 12.3. The van der Waals surface area contributed by atoms with E-state index in [0.29, 0.717) is 11.4 Å². The molecule has 124 valence electrons. The summed E-state index contributed by atoms with van der Waals surface area (Å²) >= 11 is 0. The second-order valence-electron chi connectivity index (χ2n) is 6.07. The number of nitrogens with one attached hydrogen (secondary N) is 1. The average molecular weight is 330 g/mol. The molecule has 0 spiro atoms. The molecule has 0 atom stereocenters. The second-order valence-corrected chi connectivity index (χ2v) is 6.07. The van der Waals surface area contributed by atoms with E-state index in [0.717, 1.165) is 42.6 Å². The maximum absolute atomic E-state index is 12.8. The first kappa shape index (κ1) is 15.4. The molecule has 4 rings (SSSR count). The second kappa shape index (κ2) is 6.81. The normalized spacial score (nSPS) is 13.1. The van der Waals surface area contributed by atoms with Gasteiger partial charge in [-0.3, -0.25) is 4.79 Å². The maximum atomic E-state index is 12.8. The lowest BCUT2D eigenvalue weighted by Gasteiger charge is -2.18. The molecule has 1 aromatic carbocycles. The fourth-order valence-electron chi connectivity index (χ4n) is 3.26. The van der Waals surface area contributed by atoms with Gasteiger partial charge in [-0.05, 0) is 43.9 Å². The van der Waals surface area contributed by atoms with Crippen molar-refractivity contribution in [2.24, 2.45) is 0 Å². The Morgan fingerprint density at radius 2 is 1.76 bits per heavy atom. The molecule has 0 saturated heterocycles. The lowest BCUT2D eigenvalue weighted by molar-refractivity contribution is 0.102. The minimum absolute atomic E-state index is 0.183. The third-order valence-electron chi connectivity index (χ3n) is 4.46. The van der Waals surface area contributed by atoms with Crippen LogP contribution in [-0.2, 0) is 12.8 Å². The molecule has 0 aliphatic heterocycles. The summed E-state index contributed by atoms with van der Waals surface area (Å²) in [7, 11) is 0. The molecule has 25 heavy (non-hydrogen) atoms. The number of aromatic nitrogens is 3. The average Bonchev–Trinajstić information content (AvgIpc) is 2.68. The van der Waals surface area contributed by atoms with Crippen molar-refractivity contribution >= 4 is 11.7 Å². The first-order valence-electron chi connectivity index (χ1n) is 8.47. The van der Waals surface area contributed by atoms with E-state index >= 15 is 0 Å². The summed E-state index contributed by atoms with van der Waals surface area (Å²) in [4.78, 5) is 25.9. The number of carbonyl (C=O) groups excluding carboxylic acids is 1. The Kier molecular flexibility index (Phi) is 4.21. The molecule has 0 bridgehead atoms. The van der Waals surface area contributed by atoms with Gasteiger partial charge in [0, 0.05) is 28.6 Å². The van der Waals surface area contributed by atoms with Gasteiger partial charge in [0.15, 0.2) is 0 Å². The standard InChI is InChI=1S/C20H18N4O/c25-20(24-18-11-5-6-12-21-18)15-8-2-1-7-14(15)19-16-9-3-4-10-17(16)22-13-23-19/h1-2,5-8,11-13H,3-4,9-10H2,(H,21,24,25). The number of pyridine rings is 1. The van der Waals surface area contributed by atoms with E-state index in [1.807, 2.05) is 36.4 Å². The highest BCUT2D eigenvalue weighted by Crippen LogP contribution is 2.30. The molecule has 2 aromatic heterocycles. The van der Waals surface area contributed by atoms with Crippen molar-refractivity contribution in [2.75, 3.05) is 5.32 Å². The van der Waals surface area contributed by atoms with Crippen LogP contribution in [0.3, 0.4) is 0 Å². The van der Waals surface area contributed by atoms with E-state index in [2.05, 4.69) is 20.3 Å². The predicted molar refractivity (Wildman–Crippen MR) is 96.3 cm³/mol. The first-order valence-corrected chi connectivity index (χ1v) is 8.47. The lowest BCUT2D eigenvalue weighted by Crippen LogP contribution is -2.15. The van der Waals surface area contributed by atoms with Gasteiger partial charge in [0.2, 0.25) is 0 Å². The zero-order valence-electron chi connectivity index (χ0n) is 13.8. The van der Waals surface area contributed by atoms with Crippen LogP contribution in [0.4, 0.5) is 5.82 Å². The smallest absolute Gasteiger partial charge is 0.257 e. The summed E-state index contributed by atoms with van der Waals surface area (Å²) in [6, 6.07) is 13.0.